The van der Waals surface area contributed by atoms with E-state index in [1.54, 1.807) is 10.6 Å². The summed E-state index contributed by atoms with van der Waals surface area (Å²) in [5.74, 6) is 1.72. The summed E-state index contributed by atoms with van der Waals surface area (Å²) in [5.41, 5.74) is 2.91. The monoisotopic (exact) mass is 500 g/mol. The number of hydrogen-bond donors (Lipinski definition) is 0. The van der Waals surface area contributed by atoms with Crippen molar-refractivity contribution >= 4 is 22.3 Å². The molecular weight excluding hydrogens is 472 g/mol. The first-order chi connectivity index (χ1) is 18.0. The molecule has 0 atom stereocenters. The quantitative estimate of drug-likeness (QED) is 0.408. The lowest BCUT2D eigenvalue weighted by atomic mass is 10.1. The molecule has 6 rings (SSSR count). The number of amides is 1. The molecule has 3 aromatic heterocycles. The summed E-state index contributed by atoms with van der Waals surface area (Å²) in [5, 5.41) is 19.2. The topological polar surface area (TPSA) is 105 Å². The van der Waals surface area contributed by atoms with E-state index in [0.717, 1.165) is 48.2 Å². The van der Waals surface area contributed by atoms with Crippen LogP contribution in [0.5, 0.6) is 5.88 Å². The maximum absolute atomic E-state index is 13.0. The molecule has 0 N–H and O–H groups in total. The van der Waals surface area contributed by atoms with Crippen LogP contribution < -0.4 is 4.74 Å². The van der Waals surface area contributed by atoms with Crippen molar-refractivity contribution in [3.63, 3.8) is 0 Å². The van der Waals surface area contributed by atoms with Crippen molar-refractivity contribution in [2.45, 2.75) is 6.92 Å². The number of rotatable bonds is 5. The van der Waals surface area contributed by atoms with Crippen molar-refractivity contribution in [2.24, 2.45) is 0 Å². The zero-order chi connectivity index (χ0) is 25.5. The van der Waals surface area contributed by atoms with Crippen LogP contribution in [0, 0.1) is 6.92 Å². The second kappa shape index (κ2) is 9.32. The first-order valence-corrected chi connectivity index (χ1v) is 12.3. The number of likely N-dealkylation sites (N-methyl/N-ethyl adjacent to an activating group) is 2. The van der Waals surface area contributed by atoms with Crippen LogP contribution in [-0.2, 0) is 4.79 Å². The van der Waals surface area contributed by atoms with E-state index in [1.807, 2.05) is 60.2 Å². The maximum atomic E-state index is 13.0. The van der Waals surface area contributed by atoms with E-state index in [4.69, 9.17) is 14.4 Å². The fraction of sp³-hybridized carbons (Fsp3) is 0.346. The highest BCUT2D eigenvalue weighted by Crippen LogP contribution is 2.29. The van der Waals surface area contributed by atoms with Gasteiger partial charge in [0.25, 0.3) is 5.91 Å². The molecule has 2 aliphatic heterocycles. The summed E-state index contributed by atoms with van der Waals surface area (Å²) < 4.78 is 13.1. The molecule has 1 saturated heterocycles. The Bertz CT molecular complexity index is 1540. The molecule has 190 valence electrons. The van der Waals surface area contributed by atoms with E-state index < -0.39 is 0 Å². The second-order valence-corrected chi connectivity index (χ2v) is 9.52. The third-order valence-corrected chi connectivity index (χ3v) is 6.88. The van der Waals surface area contributed by atoms with Gasteiger partial charge in [-0.15, -0.1) is 15.3 Å². The van der Waals surface area contributed by atoms with Crippen molar-refractivity contribution in [3.05, 3.63) is 59.5 Å². The molecule has 0 saturated carbocycles. The first-order valence-electron chi connectivity index (χ1n) is 12.3. The summed E-state index contributed by atoms with van der Waals surface area (Å²) in [7, 11) is 4.05. The summed E-state index contributed by atoms with van der Waals surface area (Å²) in [4.78, 5) is 19.2. The van der Waals surface area contributed by atoms with Crippen molar-refractivity contribution in [1.82, 2.24) is 39.7 Å². The van der Waals surface area contributed by atoms with Gasteiger partial charge in [0.15, 0.2) is 11.3 Å². The number of carbonyl (C=O) groups is 1. The fourth-order valence-electron chi connectivity index (χ4n) is 4.68. The highest BCUT2D eigenvalue weighted by atomic mass is 16.5. The molecule has 0 radical (unpaired) electrons. The summed E-state index contributed by atoms with van der Waals surface area (Å²) in [6.07, 6.45) is 3.87. The zero-order valence-electron chi connectivity index (χ0n) is 21.1. The van der Waals surface area contributed by atoms with Crippen LogP contribution >= 0.6 is 0 Å². The van der Waals surface area contributed by atoms with Gasteiger partial charge in [-0.3, -0.25) is 4.79 Å². The van der Waals surface area contributed by atoms with Gasteiger partial charge >= 0.3 is 0 Å². The number of nitrogens with zero attached hydrogens (tertiary/aromatic N) is 8. The molecule has 2 aliphatic rings. The zero-order valence-corrected chi connectivity index (χ0v) is 21.1. The lowest BCUT2D eigenvalue weighted by Crippen LogP contribution is -2.48. The minimum Gasteiger partial charge on any atom is -0.470 e. The Morgan fingerprint density at radius 2 is 1.84 bits per heavy atom. The lowest BCUT2D eigenvalue weighted by molar-refractivity contribution is -0.128. The first kappa shape index (κ1) is 23.2. The lowest BCUT2D eigenvalue weighted by Gasteiger charge is -2.34. The molecular formula is C26H28N8O3. The van der Waals surface area contributed by atoms with E-state index in [-0.39, 0.29) is 5.91 Å². The van der Waals surface area contributed by atoms with E-state index in [9.17, 15) is 4.79 Å². The molecule has 0 spiro atoms. The molecule has 11 heteroatoms. The Labute approximate surface area is 213 Å². The van der Waals surface area contributed by atoms with Crippen molar-refractivity contribution in [2.75, 3.05) is 53.4 Å². The van der Waals surface area contributed by atoms with Crippen LogP contribution in [-0.4, -0.2) is 99.0 Å². The van der Waals surface area contributed by atoms with E-state index in [2.05, 4.69) is 27.3 Å². The van der Waals surface area contributed by atoms with Crippen LogP contribution in [0.3, 0.4) is 0 Å². The van der Waals surface area contributed by atoms with Gasteiger partial charge in [0.2, 0.25) is 11.7 Å². The van der Waals surface area contributed by atoms with Crippen LogP contribution in [0.4, 0.5) is 0 Å². The van der Waals surface area contributed by atoms with Crippen molar-refractivity contribution in [3.8, 4) is 17.4 Å². The van der Waals surface area contributed by atoms with Gasteiger partial charge in [-0.2, -0.15) is 4.52 Å². The number of aryl methyl sites for hydroxylation is 1. The Morgan fingerprint density at radius 1 is 1.05 bits per heavy atom. The SMILES string of the molecule is Cc1cc(-c2nnc3c4ccccc4c(OCC4=CC=C(C(=O)N5CCN(C)CC5)CN4C)nn23)no1. The van der Waals surface area contributed by atoms with Gasteiger partial charge in [-0.05, 0) is 32.2 Å². The van der Waals surface area contributed by atoms with E-state index >= 15 is 0 Å². The summed E-state index contributed by atoms with van der Waals surface area (Å²) in [6, 6.07) is 9.61. The van der Waals surface area contributed by atoms with E-state index in [1.165, 1.54) is 0 Å². The fourth-order valence-corrected chi connectivity index (χ4v) is 4.68. The second-order valence-electron chi connectivity index (χ2n) is 9.52. The van der Waals surface area contributed by atoms with Crippen molar-refractivity contribution < 1.29 is 14.1 Å². The normalized spacial score (nSPS) is 16.8. The number of hydrogen-bond acceptors (Lipinski definition) is 9. The Morgan fingerprint density at radius 3 is 2.57 bits per heavy atom. The molecule has 37 heavy (non-hydrogen) atoms. The molecule has 11 nitrogen and oxygen atoms in total. The van der Waals surface area contributed by atoms with Gasteiger partial charge in [-0.25, -0.2) is 0 Å². The number of carbonyl (C=O) groups excluding carboxylic acids is 1. The number of ether oxygens (including phenoxy) is 1. The predicted molar refractivity (Wildman–Crippen MR) is 137 cm³/mol. The summed E-state index contributed by atoms with van der Waals surface area (Å²) >= 11 is 0. The van der Waals surface area contributed by atoms with Gasteiger partial charge < -0.3 is 24.0 Å². The average molecular weight is 501 g/mol. The predicted octanol–water partition coefficient (Wildman–Crippen LogP) is 2.15. The number of fused-ring (bicyclic) bond motifs is 3. The van der Waals surface area contributed by atoms with Crippen LogP contribution in [0.2, 0.25) is 0 Å². The highest BCUT2D eigenvalue weighted by molar-refractivity contribution is 5.97. The van der Waals surface area contributed by atoms with Crippen LogP contribution in [0.1, 0.15) is 5.76 Å². The van der Waals surface area contributed by atoms with Gasteiger partial charge in [0.1, 0.15) is 12.4 Å². The molecule has 1 aromatic carbocycles. The van der Waals surface area contributed by atoms with Gasteiger partial charge in [0.05, 0.1) is 5.70 Å². The Balaban J connectivity index is 1.27. The molecule has 0 aliphatic carbocycles. The largest absolute Gasteiger partial charge is 0.470 e. The number of aromatic nitrogens is 5. The minimum absolute atomic E-state index is 0.109. The number of benzene rings is 1. The molecule has 1 amide bonds. The van der Waals surface area contributed by atoms with Crippen LogP contribution in [0.25, 0.3) is 27.9 Å². The third kappa shape index (κ3) is 4.31. The minimum atomic E-state index is 0.109. The highest BCUT2D eigenvalue weighted by Gasteiger charge is 2.25. The standard InChI is InChI=1S/C26H28N8O3/c1-17-14-22(30-37-17)24-28-27-23-20-6-4-5-7-21(20)25(29-34(23)24)36-16-19-9-8-18(15-32(19)3)26(35)33-12-10-31(2)11-13-33/h4-9,14H,10-13,15-16H2,1-3H3. The molecule has 1 fully saturated rings. The average Bonchev–Trinajstić information content (AvgIpc) is 3.54. The molecule has 0 bridgehead atoms. The maximum Gasteiger partial charge on any atom is 0.251 e. The molecule has 0 unspecified atom stereocenters. The summed E-state index contributed by atoms with van der Waals surface area (Å²) in [6.45, 7) is 5.98. The Kier molecular flexibility index (Phi) is 5.84. The van der Waals surface area contributed by atoms with E-state index in [0.29, 0.717) is 42.0 Å². The van der Waals surface area contributed by atoms with Crippen molar-refractivity contribution in [1.29, 1.82) is 0 Å². The Hall–Kier alpha value is -4.25. The molecule has 5 heterocycles. The number of piperazine rings is 1. The van der Waals surface area contributed by atoms with Crippen LogP contribution in [0.15, 0.2) is 58.3 Å². The van der Waals surface area contributed by atoms with Gasteiger partial charge in [0, 0.05) is 62.2 Å². The van der Waals surface area contributed by atoms with Gasteiger partial charge in [-0.1, -0.05) is 23.4 Å². The number of allylic oxidation sites excluding steroid dienone is 2. The smallest absolute Gasteiger partial charge is 0.251 e. The third-order valence-electron chi connectivity index (χ3n) is 6.88. The molecule has 4 aromatic rings.